The first-order chi connectivity index (χ1) is 11.0. The van der Waals surface area contributed by atoms with E-state index in [2.05, 4.69) is 0 Å². The van der Waals surface area contributed by atoms with Gasteiger partial charge in [0.15, 0.2) is 0 Å². The lowest BCUT2D eigenvalue weighted by Gasteiger charge is -2.37. The Hall–Kier alpha value is -0.860. The summed E-state index contributed by atoms with van der Waals surface area (Å²) in [6.07, 6.45) is 2.29. The Morgan fingerprint density at radius 3 is 2.50 bits per heavy atom. The van der Waals surface area contributed by atoms with Crippen LogP contribution in [0.5, 0.6) is 5.75 Å². The molecule has 6 nitrogen and oxygen atoms in total. The third-order valence-electron chi connectivity index (χ3n) is 4.12. The maximum absolute atomic E-state index is 12.9. The third kappa shape index (κ3) is 4.83. The van der Waals surface area contributed by atoms with Crippen molar-refractivity contribution in [1.82, 2.24) is 4.31 Å². The molecular weight excluding hydrogens is 352 g/mol. The quantitative estimate of drug-likeness (QED) is 0.784. The summed E-state index contributed by atoms with van der Waals surface area (Å²) in [6.45, 7) is 3.36. The van der Waals surface area contributed by atoms with Crippen LogP contribution >= 0.6 is 12.4 Å². The van der Waals surface area contributed by atoms with Crippen molar-refractivity contribution in [3.63, 3.8) is 0 Å². The van der Waals surface area contributed by atoms with E-state index in [4.69, 9.17) is 15.2 Å². The maximum atomic E-state index is 12.9. The number of piperidine rings is 1. The van der Waals surface area contributed by atoms with Gasteiger partial charge in [0.1, 0.15) is 5.75 Å². The Bertz CT molecular complexity index is 595. The molecule has 0 radical (unpaired) electrons. The molecule has 24 heavy (non-hydrogen) atoms. The van der Waals surface area contributed by atoms with Crippen molar-refractivity contribution in [3.05, 3.63) is 24.3 Å². The van der Waals surface area contributed by atoms with Crippen molar-refractivity contribution in [1.29, 1.82) is 0 Å². The highest BCUT2D eigenvalue weighted by Crippen LogP contribution is 2.27. The van der Waals surface area contributed by atoms with E-state index in [-0.39, 0.29) is 36.0 Å². The van der Waals surface area contributed by atoms with Gasteiger partial charge in [0.05, 0.1) is 17.6 Å². The average Bonchev–Trinajstić information content (AvgIpc) is 2.59. The standard InChI is InChI=1S/C16H26N2O4S.ClH/c1-3-10-22-14-4-6-16(7-5-14)23(19,20)18-9-8-15(21-2)11-13(18)12-17;/h4-7,13,15H,3,8-12,17H2,1-2H3;1H. The number of nitrogens with two attached hydrogens (primary N) is 1. The van der Waals surface area contributed by atoms with Gasteiger partial charge in [-0.2, -0.15) is 4.31 Å². The lowest BCUT2D eigenvalue weighted by atomic mass is 10.0. The van der Waals surface area contributed by atoms with E-state index in [0.29, 0.717) is 31.7 Å². The van der Waals surface area contributed by atoms with Crippen LogP contribution in [0.4, 0.5) is 0 Å². The Morgan fingerprint density at radius 1 is 1.29 bits per heavy atom. The van der Waals surface area contributed by atoms with Crippen molar-refractivity contribution >= 4 is 22.4 Å². The summed E-state index contributed by atoms with van der Waals surface area (Å²) in [6, 6.07) is 6.35. The number of hydrogen-bond acceptors (Lipinski definition) is 5. The molecule has 0 bridgehead atoms. The number of sulfonamides is 1. The van der Waals surface area contributed by atoms with Gasteiger partial charge in [-0.15, -0.1) is 12.4 Å². The highest BCUT2D eigenvalue weighted by molar-refractivity contribution is 7.89. The first kappa shape index (κ1) is 21.2. The second-order valence-corrected chi connectivity index (χ2v) is 7.60. The molecule has 1 heterocycles. The Kier molecular flexibility index (Phi) is 8.45. The van der Waals surface area contributed by atoms with Crippen LogP contribution in [0.2, 0.25) is 0 Å². The number of ether oxygens (including phenoxy) is 2. The van der Waals surface area contributed by atoms with Gasteiger partial charge >= 0.3 is 0 Å². The van der Waals surface area contributed by atoms with E-state index in [0.717, 1.165) is 6.42 Å². The summed E-state index contributed by atoms with van der Waals surface area (Å²) >= 11 is 0. The fraction of sp³-hybridized carbons (Fsp3) is 0.625. The monoisotopic (exact) mass is 378 g/mol. The van der Waals surface area contributed by atoms with Crippen LogP contribution in [-0.4, -0.2) is 51.7 Å². The first-order valence-corrected chi connectivity index (χ1v) is 9.44. The predicted molar refractivity (Wildman–Crippen MR) is 96.2 cm³/mol. The van der Waals surface area contributed by atoms with E-state index in [9.17, 15) is 8.42 Å². The maximum Gasteiger partial charge on any atom is 0.243 e. The SMILES string of the molecule is CCCOc1ccc(S(=O)(=O)N2CCC(OC)CC2CN)cc1.Cl. The van der Waals surface area contributed by atoms with E-state index in [1.807, 2.05) is 6.92 Å². The molecule has 1 aliphatic heterocycles. The van der Waals surface area contributed by atoms with Crippen LogP contribution in [0, 0.1) is 0 Å². The fourth-order valence-electron chi connectivity index (χ4n) is 2.80. The molecule has 0 spiro atoms. The van der Waals surface area contributed by atoms with Crippen molar-refractivity contribution in [3.8, 4) is 5.75 Å². The van der Waals surface area contributed by atoms with Crippen LogP contribution in [-0.2, 0) is 14.8 Å². The van der Waals surface area contributed by atoms with E-state index in [1.165, 1.54) is 4.31 Å². The minimum Gasteiger partial charge on any atom is -0.494 e. The number of methoxy groups -OCH3 is 1. The smallest absolute Gasteiger partial charge is 0.243 e. The molecule has 0 saturated carbocycles. The normalized spacial score (nSPS) is 22.0. The molecule has 0 amide bonds. The molecule has 2 N–H and O–H groups in total. The Balaban J connectivity index is 0.00000288. The first-order valence-electron chi connectivity index (χ1n) is 8.00. The Morgan fingerprint density at radius 2 is 1.96 bits per heavy atom. The van der Waals surface area contributed by atoms with Crippen molar-refractivity contribution in [2.75, 3.05) is 26.8 Å². The Labute approximate surface area is 150 Å². The molecule has 8 heteroatoms. The van der Waals surface area contributed by atoms with Gasteiger partial charge in [-0.1, -0.05) is 6.92 Å². The van der Waals surface area contributed by atoms with Crippen LogP contribution in [0.25, 0.3) is 0 Å². The van der Waals surface area contributed by atoms with Gasteiger partial charge < -0.3 is 15.2 Å². The molecule has 2 unspecified atom stereocenters. The molecule has 2 atom stereocenters. The van der Waals surface area contributed by atoms with E-state index in [1.54, 1.807) is 31.4 Å². The van der Waals surface area contributed by atoms with Gasteiger partial charge in [-0.3, -0.25) is 0 Å². The van der Waals surface area contributed by atoms with E-state index < -0.39 is 10.0 Å². The fourth-order valence-corrected chi connectivity index (χ4v) is 4.46. The summed E-state index contributed by atoms with van der Waals surface area (Å²) in [7, 11) is -1.90. The van der Waals surface area contributed by atoms with Gasteiger partial charge in [0, 0.05) is 26.2 Å². The number of hydrogen-bond donors (Lipinski definition) is 1. The average molecular weight is 379 g/mol. The molecule has 0 aliphatic carbocycles. The summed E-state index contributed by atoms with van der Waals surface area (Å²) in [5, 5.41) is 0. The van der Waals surface area contributed by atoms with E-state index >= 15 is 0 Å². The summed E-state index contributed by atoms with van der Waals surface area (Å²) < 4.78 is 38.1. The highest BCUT2D eigenvalue weighted by Gasteiger charge is 2.36. The van der Waals surface area contributed by atoms with Crippen LogP contribution in [0.1, 0.15) is 26.2 Å². The lowest BCUT2D eigenvalue weighted by molar-refractivity contribution is 0.0401. The topological polar surface area (TPSA) is 81.9 Å². The molecular formula is C16H27ClN2O4S. The van der Waals surface area contributed by atoms with Gasteiger partial charge in [-0.05, 0) is 43.5 Å². The van der Waals surface area contributed by atoms with Crippen LogP contribution < -0.4 is 10.5 Å². The van der Waals surface area contributed by atoms with Crippen molar-refractivity contribution < 1.29 is 17.9 Å². The van der Waals surface area contributed by atoms with Crippen molar-refractivity contribution in [2.24, 2.45) is 5.73 Å². The van der Waals surface area contributed by atoms with Crippen LogP contribution in [0.15, 0.2) is 29.2 Å². The molecule has 0 aromatic heterocycles. The largest absolute Gasteiger partial charge is 0.494 e. The zero-order valence-corrected chi connectivity index (χ0v) is 15.8. The molecule has 1 aromatic carbocycles. The minimum atomic E-state index is -3.55. The summed E-state index contributed by atoms with van der Waals surface area (Å²) in [5.41, 5.74) is 5.78. The second-order valence-electron chi connectivity index (χ2n) is 5.71. The van der Waals surface area contributed by atoms with Gasteiger partial charge in [0.2, 0.25) is 10.0 Å². The summed E-state index contributed by atoms with van der Waals surface area (Å²) in [5.74, 6) is 0.680. The summed E-state index contributed by atoms with van der Waals surface area (Å²) in [4.78, 5) is 0.274. The zero-order valence-electron chi connectivity index (χ0n) is 14.2. The molecule has 2 rings (SSSR count). The minimum absolute atomic E-state index is 0. The lowest BCUT2D eigenvalue weighted by Crippen LogP contribution is -2.51. The second kappa shape index (κ2) is 9.58. The number of halogens is 1. The molecule has 1 saturated heterocycles. The molecule has 138 valence electrons. The number of rotatable bonds is 7. The molecule has 1 fully saturated rings. The molecule has 1 aromatic rings. The van der Waals surface area contributed by atoms with Gasteiger partial charge in [-0.25, -0.2) is 8.42 Å². The number of nitrogens with zero attached hydrogens (tertiary/aromatic N) is 1. The molecule has 1 aliphatic rings. The predicted octanol–water partition coefficient (Wildman–Crippen LogP) is 2.02. The van der Waals surface area contributed by atoms with Crippen LogP contribution in [0.3, 0.4) is 0 Å². The third-order valence-corrected chi connectivity index (χ3v) is 6.09. The number of benzene rings is 1. The highest BCUT2D eigenvalue weighted by atomic mass is 35.5. The van der Waals surface area contributed by atoms with Gasteiger partial charge in [0.25, 0.3) is 0 Å². The van der Waals surface area contributed by atoms with Crippen molar-refractivity contribution in [2.45, 2.75) is 43.2 Å². The zero-order chi connectivity index (χ0) is 16.9.